The van der Waals surface area contributed by atoms with E-state index in [-0.39, 0.29) is 5.56 Å². The molecule has 0 aromatic carbocycles. The van der Waals surface area contributed by atoms with Gasteiger partial charge in [0.15, 0.2) is 5.16 Å². The van der Waals surface area contributed by atoms with Crippen LogP contribution in [0.5, 0.6) is 0 Å². The Morgan fingerprint density at radius 3 is 2.83 bits per heavy atom. The van der Waals surface area contributed by atoms with Gasteiger partial charge in [0.2, 0.25) is 0 Å². The number of hydrogen-bond acceptors (Lipinski definition) is 5. The van der Waals surface area contributed by atoms with E-state index in [1.807, 2.05) is 18.5 Å². The molecule has 0 atom stereocenters. The number of hydrogen-bond donors (Lipinski definition) is 1. The molecule has 0 unspecified atom stereocenters. The molecule has 7 heteroatoms. The van der Waals surface area contributed by atoms with E-state index in [1.165, 1.54) is 6.07 Å². The van der Waals surface area contributed by atoms with Gasteiger partial charge in [-0.05, 0) is 13.0 Å². The molecule has 0 radical (unpaired) electrons. The quantitative estimate of drug-likeness (QED) is 0.822. The molecule has 2 rings (SSSR count). The average molecular weight is 265 g/mol. The normalized spacial score (nSPS) is 10.8. The molecule has 0 saturated heterocycles. The molecule has 0 aliphatic carbocycles. The molecule has 96 valence electrons. The van der Waals surface area contributed by atoms with Gasteiger partial charge in [-0.3, -0.25) is 4.79 Å². The number of nitrogens with two attached hydrogens (primary N) is 1. The van der Waals surface area contributed by atoms with Gasteiger partial charge in [0, 0.05) is 37.3 Å². The molecule has 2 aromatic rings. The zero-order valence-corrected chi connectivity index (χ0v) is 11.1. The number of anilines is 1. The summed E-state index contributed by atoms with van der Waals surface area (Å²) in [5, 5.41) is 8.88. The van der Waals surface area contributed by atoms with Crippen LogP contribution in [0.25, 0.3) is 0 Å². The second-order valence-corrected chi connectivity index (χ2v) is 4.99. The Balaban J connectivity index is 1.98. The molecule has 0 amide bonds. The van der Waals surface area contributed by atoms with Crippen molar-refractivity contribution in [3.63, 3.8) is 0 Å². The fourth-order valence-electron chi connectivity index (χ4n) is 1.47. The first-order chi connectivity index (χ1) is 8.58. The molecule has 0 bridgehead atoms. The van der Waals surface area contributed by atoms with Gasteiger partial charge in [-0.1, -0.05) is 11.8 Å². The summed E-state index contributed by atoms with van der Waals surface area (Å²) in [5.74, 6) is 1.62. The first kappa shape index (κ1) is 12.7. The first-order valence-corrected chi connectivity index (χ1v) is 6.51. The van der Waals surface area contributed by atoms with E-state index in [0.29, 0.717) is 12.2 Å². The predicted molar refractivity (Wildman–Crippen MR) is 71.6 cm³/mol. The van der Waals surface area contributed by atoms with Gasteiger partial charge in [0.05, 0.1) is 0 Å². The van der Waals surface area contributed by atoms with Crippen LogP contribution in [0.2, 0.25) is 0 Å². The van der Waals surface area contributed by atoms with E-state index in [1.54, 1.807) is 28.6 Å². The third kappa shape index (κ3) is 2.73. The van der Waals surface area contributed by atoms with E-state index in [4.69, 9.17) is 5.73 Å². The highest BCUT2D eigenvalue weighted by atomic mass is 32.2. The lowest BCUT2D eigenvalue weighted by molar-refractivity contribution is 0.728. The number of thioether (sulfide) groups is 1. The molecule has 0 aliphatic heterocycles. The fraction of sp³-hybridized carbons (Fsp3) is 0.364. The fourth-order valence-corrected chi connectivity index (χ4v) is 2.37. The summed E-state index contributed by atoms with van der Waals surface area (Å²) in [7, 11) is 1.92. The van der Waals surface area contributed by atoms with E-state index in [2.05, 4.69) is 10.2 Å². The van der Waals surface area contributed by atoms with Crippen LogP contribution in [0.3, 0.4) is 0 Å². The third-order valence-corrected chi connectivity index (χ3v) is 3.62. The van der Waals surface area contributed by atoms with Crippen LogP contribution in [0.1, 0.15) is 5.82 Å². The third-order valence-electron chi connectivity index (χ3n) is 2.62. The topological polar surface area (TPSA) is 78.7 Å². The Morgan fingerprint density at radius 1 is 1.39 bits per heavy atom. The van der Waals surface area contributed by atoms with Gasteiger partial charge in [0.25, 0.3) is 5.56 Å². The summed E-state index contributed by atoms with van der Waals surface area (Å²) in [4.78, 5) is 11.5. The molecule has 0 saturated carbocycles. The summed E-state index contributed by atoms with van der Waals surface area (Å²) in [6.45, 7) is 2.50. The van der Waals surface area contributed by atoms with Crippen molar-refractivity contribution in [1.29, 1.82) is 0 Å². The molecule has 2 heterocycles. The molecule has 2 N–H and O–H groups in total. The molecule has 0 fully saturated rings. The van der Waals surface area contributed by atoms with Crippen molar-refractivity contribution in [2.75, 3.05) is 11.5 Å². The molecule has 0 aliphatic rings. The Bertz CT molecular complexity index is 604. The van der Waals surface area contributed by atoms with Gasteiger partial charge in [-0.25, -0.2) is 0 Å². The van der Waals surface area contributed by atoms with Crippen molar-refractivity contribution in [3.05, 3.63) is 34.5 Å². The molecular weight excluding hydrogens is 250 g/mol. The van der Waals surface area contributed by atoms with Gasteiger partial charge < -0.3 is 14.9 Å². The van der Waals surface area contributed by atoms with Gasteiger partial charge in [-0.2, -0.15) is 0 Å². The molecule has 0 spiro atoms. The highest BCUT2D eigenvalue weighted by Crippen LogP contribution is 2.15. The maximum Gasteiger partial charge on any atom is 0.250 e. The zero-order valence-electron chi connectivity index (χ0n) is 10.3. The van der Waals surface area contributed by atoms with E-state index < -0.39 is 0 Å². The lowest BCUT2D eigenvalue weighted by atomic mass is 10.4. The Morgan fingerprint density at radius 2 is 2.17 bits per heavy atom. The SMILES string of the molecule is Cc1nnc(SCCn2cc(N)ccc2=O)n1C. The minimum atomic E-state index is -0.0426. The molecule has 18 heavy (non-hydrogen) atoms. The Hall–Kier alpha value is -1.76. The van der Waals surface area contributed by atoms with Crippen LogP contribution >= 0.6 is 11.8 Å². The van der Waals surface area contributed by atoms with Crippen molar-refractivity contribution in [3.8, 4) is 0 Å². The predicted octanol–water partition coefficient (Wildman–Crippen LogP) is 0.660. The van der Waals surface area contributed by atoms with Crippen LogP contribution in [-0.2, 0) is 13.6 Å². The summed E-state index contributed by atoms with van der Waals surface area (Å²) >= 11 is 1.57. The highest BCUT2D eigenvalue weighted by Gasteiger charge is 2.05. The largest absolute Gasteiger partial charge is 0.398 e. The maximum atomic E-state index is 11.5. The maximum absolute atomic E-state index is 11.5. The first-order valence-electron chi connectivity index (χ1n) is 5.52. The van der Waals surface area contributed by atoms with Crippen molar-refractivity contribution >= 4 is 17.4 Å². The molecule has 2 aromatic heterocycles. The monoisotopic (exact) mass is 265 g/mol. The summed E-state index contributed by atoms with van der Waals surface area (Å²) < 4.78 is 3.53. The van der Waals surface area contributed by atoms with Crippen LogP contribution in [-0.4, -0.2) is 25.1 Å². The smallest absolute Gasteiger partial charge is 0.250 e. The zero-order chi connectivity index (χ0) is 13.1. The number of pyridine rings is 1. The van der Waals surface area contributed by atoms with Crippen molar-refractivity contribution in [1.82, 2.24) is 19.3 Å². The minimum Gasteiger partial charge on any atom is -0.398 e. The lowest BCUT2D eigenvalue weighted by Gasteiger charge is -2.05. The van der Waals surface area contributed by atoms with E-state index in [9.17, 15) is 4.79 Å². The summed E-state index contributed by atoms with van der Waals surface area (Å²) in [5.41, 5.74) is 6.19. The van der Waals surface area contributed by atoms with Crippen molar-refractivity contribution < 1.29 is 0 Å². The molecule has 6 nitrogen and oxygen atoms in total. The van der Waals surface area contributed by atoms with Crippen LogP contribution < -0.4 is 11.3 Å². The van der Waals surface area contributed by atoms with Crippen LogP contribution in [0.15, 0.2) is 28.3 Å². The van der Waals surface area contributed by atoms with Crippen molar-refractivity contribution in [2.45, 2.75) is 18.6 Å². The van der Waals surface area contributed by atoms with Gasteiger partial charge in [0.1, 0.15) is 5.82 Å². The Labute approximate surface area is 109 Å². The number of aromatic nitrogens is 4. The number of rotatable bonds is 4. The number of aryl methyl sites for hydroxylation is 2. The summed E-state index contributed by atoms with van der Waals surface area (Å²) in [6, 6.07) is 3.09. The average Bonchev–Trinajstić information content (AvgIpc) is 2.65. The van der Waals surface area contributed by atoms with E-state index in [0.717, 1.165) is 16.7 Å². The lowest BCUT2D eigenvalue weighted by Crippen LogP contribution is -2.20. The standard InChI is InChI=1S/C11H15N5OS/c1-8-13-14-11(15(8)2)18-6-5-16-7-9(12)3-4-10(16)17/h3-4,7H,5-6,12H2,1-2H3. The summed E-state index contributed by atoms with van der Waals surface area (Å²) in [6.07, 6.45) is 1.66. The van der Waals surface area contributed by atoms with Gasteiger partial charge in [-0.15, -0.1) is 10.2 Å². The van der Waals surface area contributed by atoms with Gasteiger partial charge >= 0.3 is 0 Å². The van der Waals surface area contributed by atoms with Crippen LogP contribution in [0, 0.1) is 6.92 Å². The highest BCUT2D eigenvalue weighted by molar-refractivity contribution is 7.99. The van der Waals surface area contributed by atoms with Crippen molar-refractivity contribution in [2.24, 2.45) is 7.05 Å². The minimum absolute atomic E-state index is 0.0426. The second kappa shape index (κ2) is 5.26. The van der Waals surface area contributed by atoms with E-state index >= 15 is 0 Å². The second-order valence-electron chi connectivity index (χ2n) is 3.93. The molecular formula is C11H15N5OS. The Kier molecular flexibility index (Phi) is 3.71. The number of nitrogens with zero attached hydrogens (tertiary/aromatic N) is 4. The number of nitrogen functional groups attached to an aromatic ring is 1. The van der Waals surface area contributed by atoms with Crippen LogP contribution in [0.4, 0.5) is 5.69 Å².